The van der Waals surface area contributed by atoms with Crippen LogP contribution in [0.1, 0.15) is 34.6 Å². The highest BCUT2D eigenvalue weighted by molar-refractivity contribution is 6.09. The third-order valence-corrected chi connectivity index (χ3v) is 5.17. The zero-order valence-electron chi connectivity index (χ0n) is 15.1. The first-order valence-corrected chi connectivity index (χ1v) is 8.38. The van der Waals surface area contributed by atoms with Crippen molar-refractivity contribution in [1.29, 1.82) is 0 Å². The predicted octanol–water partition coefficient (Wildman–Crippen LogP) is 0.841. The highest BCUT2D eigenvalue weighted by atomic mass is 16.2. The van der Waals surface area contributed by atoms with Gasteiger partial charge in [-0.15, -0.1) is 0 Å². The van der Waals surface area contributed by atoms with Crippen LogP contribution in [0.25, 0.3) is 0 Å². The standard InChI is InChI=1S/C16H34BN3O/c1-12(2)16(4,5)11-19(6)15(21)10-20-9-13(3)18-8-14(20)7-17/h12-14,18H,7-11,17H2,1-6H3/t13-,14+/m1/s1. The van der Waals surface area contributed by atoms with Crippen molar-refractivity contribution >= 4 is 13.8 Å². The maximum Gasteiger partial charge on any atom is 0.236 e. The Bertz CT molecular complexity index is 346. The topological polar surface area (TPSA) is 35.6 Å². The van der Waals surface area contributed by atoms with Gasteiger partial charge in [-0.3, -0.25) is 9.69 Å². The zero-order chi connectivity index (χ0) is 16.2. The number of hydrogen-bond donors (Lipinski definition) is 1. The first kappa shape index (κ1) is 18.5. The Kier molecular flexibility index (Phi) is 6.73. The van der Waals surface area contributed by atoms with Gasteiger partial charge in [-0.1, -0.05) is 34.0 Å². The zero-order valence-corrected chi connectivity index (χ0v) is 15.1. The minimum atomic E-state index is 0.158. The second-order valence-corrected chi connectivity index (χ2v) is 7.69. The van der Waals surface area contributed by atoms with Crippen molar-refractivity contribution in [2.75, 3.05) is 33.2 Å². The SMILES string of the molecule is BC[C@H]1CN[C@H](C)CN1CC(=O)N(C)CC(C)(C)C(C)C. The van der Waals surface area contributed by atoms with Crippen molar-refractivity contribution in [3.05, 3.63) is 0 Å². The van der Waals surface area contributed by atoms with Crippen LogP contribution in [0.2, 0.25) is 6.32 Å². The molecule has 1 amide bonds. The highest BCUT2D eigenvalue weighted by Gasteiger charge is 2.29. The van der Waals surface area contributed by atoms with Crippen molar-refractivity contribution in [3.8, 4) is 0 Å². The van der Waals surface area contributed by atoms with Crippen molar-refractivity contribution in [3.63, 3.8) is 0 Å². The van der Waals surface area contributed by atoms with Crippen LogP contribution in [0.4, 0.5) is 0 Å². The number of nitrogens with zero attached hydrogens (tertiary/aromatic N) is 2. The molecule has 0 unspecified atom stereocenters. The monoisotopic (exact) mass is 295 g/mol. The maximum absolute atomic E-state index is 12.5. The van der Waals surface area contributed by atoms with Crippen LogP contribution in [0.5, 0.6) is 0 Å². The van der Waals surface area contributed by atoms with Gasteiger partial charge in [-0.05, 0) is 18.3 Å². The van der Waals surface area contributed by atoms with Crippen LogP contribution >= 0.6 is 0 Å². The molecule has 1 fully saturated rings. The molecule has 21 heavy (non-hydrogen) atoms. The van der Waals surface area contributed by atoms with Crippen LogP contribution in [0, 0.1) is 11.3 Å². The van der Waals surface area contributed by atoms with Gasteiger partial charge in [0.05, 0.1) is 6.54 Å². The fourth-order valence-electron chi connectivity index (χ4n) is 2.80. The largest absolute Gasteiger partial charge is 0.344 e. The lowest BCUT2D eigenvalue weighted by Crippen LogP contribution is -2.57. The molecule has 0 aromatic heterocycles. The minimum absolute atomic E-state index is 0.158. The summed E-state index contributed by atoms with van der Waals surface area (Å²) in [4.78, 5) is 16.8. The molecule has 2 atom stereocenters. The Labute approximate surface area is 132 Å². The molecule has 1 aliphatic rings. The summed E-state index contributed by atoms with van der Waals surface area (Å²) in [5.41, 5.74) is 0.158. The number of rotatable bonds is 6. The molecule has 0 aromatic rings. The lowest BCUT2D eigenvalue weighted by Gasteiger charge is -2.40. The molecule has 0 aromatic carbocycles. The normalized spacial score (nSPS) is 24.3. The van der Waals surface area contributed by atoms with E-state index in [1.165, 1.54) is 0 Å². The second-order valence-electron chi connectivity index (χ2n) is 7.69. The number of carbonyl (C=O) groups excluding carboxylic acids is 1. The quantitative estimate of drug-likeness (QED) is 0.738. The van der Waals surface area contributed by atoms with Crippen molar-refractivity contribution in [2.24, 2.45) is 11.3 Å². The number of piperazine rings is 1. The van der Waals surface area contributed by atoms with Crippen LogP contribution in [0.3, 0.4) is 0 Å². The molecule has 1 rings (SSSR count). The Morgan fingerprint density at radius 2 is 2.10 bits per heavy atom. The van der Waals surface area contributed by atoms with Gasteiger partial charge in [0, 0.05) is 38.8 Å². The van der Waals surface area contributed by atoms with Gasteiger partial charge in [0.25, 0.3) is 0 Å². The second kappa shape index (κ2) is 7.64. The van der Waals surface area contributed by atoms with E-state index in [0.29, 0.717) is 24.5 Å². The number of likely N-dealkylation sites (N-methyl/N-ethyl adjacent to an activating group) is 1. The summed E-state index contributed by atoms with van der Waals surface area (Å²) >= 11 is 0. The number of carbonyl (C=O) groups is 1. The molecule has 5 heteroatoms. The molecule has 1 aliphatic heterocycles. The van der Waals surface area contributed by atoms with E-state index in [1.54, 1.807) is 0 Å². The van der Waals surface area contributed by atoms with Crippen LogP contribution in [-0.2, 0) is 4.79 Å². The molecule has 4 nitrogen and oxygen atoms in total. The van der Waals surface area contributed by atoms with E-state index >= 15 is 0 Å². The summed E-state index contributed by atoms with van der Waals surface area (Å²) in [6, 6.07) is 0.953. The molecule has 0 radical (unpaired) electrons. The van der Waals surface area contributed by atoms with Crippen LogP contribution in [0.15, 0.2) is 0 Å². The fourth-order valence-corrected chi connectivity index (χ4v) is 2.80. The van der Waals surface area contributed by atoms with Gasteiger partial charge in [0.15, 0.2) is 0 Å². The number of nitrogens with one attached hydrogen (secondary N) is 1. The average Bonchev–Trinajstić information content (AvgIpc) is 2.38. The summed E-state index contributed by atoms with van der Waals surface area (Å²) in [7, 11) is 4.14. The number of amides is 1. The van der Waals surface area contributed by atoms with E-state index in [2.05, 4.69) is 52.7 Å². The van der Waals surface area contributed by atoms with Crippen molar-refractivity contribution < 1.29 is 4.79 Å². The average molecular weight is 295 g/mol. The predicted molar refractivity (Wildman–Crippen MR) is 92.4 cm³/mol. The number of hydrogen-bond acceptors (Lipinski definition) is 3. The Hall–Kier alpha value is -0.545. The van der Waals surface area contributed by atoms with E-state index in [4.69, 9.17) is 0 Å². The fraction of sp³-hybridized carbons (Fsp3) is 0.938. The minimum Gasteiger partial charge on any atom is -0.344 e. The summed E-state index contributed by atoms with van der Waals surface area (Å²) in [5.74, 6) is 0.812. The van der Waals surface area contributed by atoms with Crippen molar-refractivity contribution in [1.82, 2.24) is 15.1 Å². The maximum atomic E-state index is 12.5. The molecule has 0 spiro atoms. The first-order chi connectivity index (χ1) is 9.67. The third-order valence-electron chi connectivity index (χ3n) is 5.17. The van der Waals surface area contributed by atoms with Crippen LogP contribution < -0.4 is 5.32 Å². The first-order valence-electron chi connectivity index (χ1n) is 8.38. The smallest absolute Gasteiger partial charge is 0.236 e. The summed E-state index contributed by atoms with van der Waals surface area (Å²) in [6.45, 7) is 14.4. The third kappa shape index (κ3) is 5.30. The highest BCUT2D eigenvalue weighted by Crippen LogP contribution is 2.26. The van der Waals surface area contributed by atoms with E-state index < -0.39 is 0 Å². The molecule has 0 saturated carbocycles. The molecule has 1 N–H and O–H groups in total. The van der Waals surface area contributed by atoms with E-state index in [9.17, 15) is 4.79 Å². The Balaban J connectivity index is 2.58. The van der Waals surface area contributed by atoms with E-state index in [1.807, 2.05) is 11.9 Å². The Morgan fingerprint density at radius 3 is 2.62 bits per heavy atom. The molecule has 1 saturated heterocycles. The summed E-state index contributed by atoms with van der Waals surface area (Å²) in [6.07, 6.45) is 1.09. The van der Waals surface area contributed by atoms with Gasteiger partial charge in [0.1, 0.15) is 7.85 Å². The molecular weight excluding hydrogens is 261 g/mol. The lowest BCUT2D eigenvalue weighted by molar-refractivity contribution is -0.133. The lowest BCUT2D eigenvalue weighted by atomic mass is 9.81. The molecule has 1 heterocycles. The van der Waals surface area contributed by atoms with Gasteiger partial charge in [-0.25, -0.2) is 0 Å². The van der Waals surface area contributed by atoms with E-state index in [-0.39, 0.29) is 11.3 Å². The molecule has 0 bridgehead atoms. The van der Waals surface area contributed by atoms with Gasteiger partial charge < -0.3 is 10.2 Å². The van der Waals surface area contributed by atoms with Gasteiger partial charge in [-0.2, -0.15) is 0 Å². The molecule has 122 valence electrons. The van der Waals surface area contributed by atoms with Crippen LogP contribution in [-0.4, -0.2) is 68.9 Å². The molecule has 0 aliphatic carbocycles. The van der Waals surface area contributed by atoms with Gasteiger partial charge >= 0.3 is 0 Å². The van der Waals surface area contributed by atoms with Gasteiger partial charge in [0.2, 0.25) is 5.91 Å². The van der Waals surface area contributed by atoms with Crippen molar-refractivity contribution in [2.45, 2.75) is 53.0 Å². The summed E-state index contributed by atoms with van der Waals surface area (Å²) in [5, 5.41) is 3.50. The van der Waals surface area contributed by atoms with E-state index in [0.717, 1.165) is 26.0 Å². The molecular formula is C16H34BN3O. The summed E-state index contributed by atoms with van der Waals surface area (Å²) < 4.78 is 0. The Morgan fingerprint density at radius 1 is 1.48 bits per heavy atom.